The van der Waals surface area contributed by atoms with Crippen molar-refractivity contribution < 1.29 is 9.21 Å². The summed E-state index contributed by atoms with van der Waals surface area (Å²) in [5, 5.41) is 4.24. The van der Waals surface area contributed by atoms with Crippen LogP contribution < -0.4 is 5.56 Å². The van der Waals surface area contributed by atoms with Crippen molar-refractivity contribution in [3.63, 3.8) is 0 Å². The lowest BCUT2D eigenvalue weighted by atomic mass is 10.3. The fourth-order valence-corrected chi connectivity index (χ4v) is 3.55. The molecular formula is C19H21N3O3S. The van der Waals surface area contributed by atoms with Gasteiger partial charge in [0, 0.05) is 22.4 Å². The van der Waals surface area contributed by atoms with Crippen molar-refractivity contribution in [1.82, 2.24) is 14.7 Å². The Morgan fingerprint density at radius 1 is 1.23 bits per heavy atom. The number of hydrogen-bond donors (Lipinski definition) is 0. The second-order valence-corrected chi connectivity index (χ2v) is 7.41. The summed E-state index contributed by atoms with van der Waals surface area (Å²) < 4.78 is 6.75. The Bertz CT molecular complexity index is 928. The molecule has 0 aromatic carbocycles. The Balaban J connectivity index is 1.88. The van der Waals surface area contributed by atoms with Gasteiger partial charge in [0.1, 0.15) is 11.5 Å². The Kier molecular flexibility index (Phi) is 5.68. The summed E-state index contributed by atoms with van der Waals surface area (Å²) in [7, 11) is 0. The standard InChI is InChI=1S/C19H21N3O3S/c1-3-10-22-18(23)9-8-17(20-22)19(24)21(12-15-5-4-11-25-15)13-16-7-6-14(2)26-16/h4-9,11H,3,10,12-13H2,1-2H3. The fraction of sp³-hybridized carbons (Fsp3) is 0.316. The average molecular weight is 371 g/mol. The molecule has 0 unspecified atom stereocenters. The molecule has 7 heteroatoms. The number of furan rings is 1. The van der Waals surface area contributed by atoms with Crippen LogP contribution in [0.2, 0.25) is 0 Å². The van der Waals surface area contributed by atoms with Gasteiger partial charge in [-0.15, -0.1) is 11.3 Å². The zero-order valence-electron chi connectivity index (χ0n) is 14.8. The van der Waals surface area contributed by atoms with Crippen LogP contribution in [0.25, 0.3) is 0 Å². The molecule has 3 aromatic heterocycles. The fourth-order valence-electron chi connectivity index (χ4n) is 2.65. The SMILES string of the molecule is CCCn1nc(C(=O)N(Cc2ccco2)Cc2ccc(C)s2)ccc1=O. The molecule has 26 heavy (non-hydrogen) atoms. The lowest BCUT2D eigenvalue weighted by Gasteiger charge is -2.21. The first kappa shape index (κ1) is 18.1. The third-order valence-electron chi connectivity index (χ3n) is 3.88. The Morgan fingerprint density at radius 3 is 2.73 bits per heavy atom. The van der Waals surface area contributed by atoms with Crippen molar-refractivity contribution >= 4 is 17.2 Å². The molecule has 136 valence electrons. The minimum Gasteiger partial charge on any atom is -0.467 e. The summed E-state index contributed by atoms with van der Waals surface area (Å²) in [6, 6.07) is 10.6. The molecular weight excluding hydrogens is 350 g/mol. The number of thiophene rings is 1. The summed E-state index contributed by atoms with van der Waals surface area (Å²) in [5.41, 5.74) is 0.0627. The first-order valence-corrected chi connectivity index (χ1v) is 9.33. The zero-order chi connectivity index (χ0) is 18.5. The third kappa shape index (κ3) is 4.29. The van der Waals surface area contributed by atoms with Gasteiger partial charge >= 0.3 is 0 Å². The number of aromatic nitrogens is 2. The molecule has 1 amide bonds. The second-order valence-electron chi connectivity index (χ2n) is 6.03. The maximum absolute atomic E-state index is 13.1. The van der Waals surface area contributed by atoms with Gasteiger partial charge in [-0.2, -0.15) is 5.10 Å². The first-order valence-electron chi connectivity index (χ1n) is 8.52. The molecule has 3 aromatic rings. The molecule has 0 fully saturated rings. The van der Waals surface area contributed by atoms with E-state index in [4.69, 9.17) is 4.42 Å². The van der Waals surface area contributed by atoms with Crippen molar-refractivity contribution in [3.05, 3.63) is 74.2 Å². The number of aryl methyl sites for hydroxylation is 2. The largest absolute Gasteiger partial charge is 0.467 e. The van der Waals surface area contributed by atoms with E-state index in [0.717, 1.165) is 11.3 Å². The first-order chi connectivity index (χ1) is 12.6. The maximum atomic E-state index is 13.1. The van der Waals surface area contributed by atoms with Crippen molar-refractivity contribution in [3.8, 4) is 0 Å². The molecule has 3 rings (SSSR count). The lowest BCUT2D eigenvalue weighted by Crippen LogP contribution is -2.33. The molecule has 0 spiro atoms. The second kappa shape index (κ2) is 8.14. The molecule has 0 aliphatic carbocycles. The van der Waals surface area contributed by atoms with Crippen LogP contribution in [0.4, 0.5) is 0 Å². The van der Waals surface area contributed by atoms with Crippen molar-refractivity contribution in [2.75, 3.05) is 0 Å². The van der Waals surface area contributed by atoms with Gasteiger partial charge in [0.25, 0.3) is 11.5 Å². The minimum atomic E-state index is -0.225. The van der Waals surface area contributed by atoms with Gasteiger partial charge in [-0.25, -0.2) is 4.68 Å². The topological polar surface area (TPSA) is 68.3 Å². The van der Waals surface area contributed by atoms with Gasteiger partial charge in [0.2, 0.25) is 0 Å². The van der Waals surface area contributed by atoms with Crippen molar-refractivity contribution in [1.29, 1.82) is 0 Å². The van der Waals surface area contributed by atoms with E-state index in [1.54, 1.807) is 28.6 Å². The number of nitrogens with zero attached hydrogens (tertiary/aromatic N) is 3. The predicted molar refractivity (Wildman–Crippen MR) is 100 cm³/mol. The van der Waals surface area contributed by atoms with Gasteiger partial charge in [-0.1, -0.05) is 6.92 Å². The molecule has 0 saturated carbocycles. The van der Waals surface area contributed by atoms with Crippen LogP contribution in [0.3, 0.4) is 0 Å². The van der Waals surface area contributed by atoms with Crippen LogP contribution >= 0.6 is 11.3 Å². The molecule has 0 saturated heterocycles. The van der Waals surface area contributed by atoms with Crippen LogP contribution in [0.1, 0.15) is 39.3 Å². The molecule has 0 atom stereocenters. The average Bonchev–Trinajstić information content (AvgIpc) is 3.28. The van der Waals surface area contributed by atoms with Crippen LogP contribution in [0.5, 0.6) is 0 Å². The molecule has 0 aliphatic rings. The summed E-state index contributed by atoms with van der Waals surface area (Å²) in [6.45, 7) is 5.30. The molecule has 0 aliphatic heterocycles. The number of carbonyl (C=O) groups excluding carboxylic acids is 1. The van der Waals surface area contributed by atoms with Gasteiger partial charge in [-0.3, -0.25) is 9.59 Å². The molecule has 0 radical (unpaired) electrons. The molecule has 0 bridgehead atoms. The zero-order valence-corrected chi connectivity index (χ0v) is 15.7. The van der Waals surface area contributed by atoms with Gasteiger partial charge in [0.05, 0.1) is 19.4 Å². The van der Waals surface area contributed by atoms with Crippen molar-refractivity contribution in [2.24, 2.45) is 0 Å². The van der Waals surface area contributed by atoms with Crippen LogP contribution in [-0.2, 0) is 19.6 Å². The maximum Gasteiger partial charge on any atom is 0.275 e. The molecule has 6 nitrogen and oxygen atoms in total. The highest BCUT2D eigenvalue weighted by Crippen LogP contribution is 2.20. The minimum absolute atomic E-state index is 0.199. The Labute approximate surface area is 155 Å². The number of rotatable bonds is 7. The van der Waals surface area contributed by atoms with Gasteiger partial charge in [-0.05, 0) is 43.7 Å². The molecule has 0 N–H and O–H groups in total. The van der Waals surface area contributed by atoms with E-state index in [9.17, 15) is 9.59 Å². The third-order valence-corrected chi connectivity index (χ3v) is 4.86. The quantitative estimate of drug-likeness (QED) is 0.638. The number of carbonyl (C=O) groups is 1. The predicted octanol–water partition coefficient (Wildman–Crippen LogP) is 3.46. The lowest BCUT2D eigenvalue weighted by molar-refractivity contribution is 0.0710. The Morgan fingerprint density at radius 2 is 2.08 bits per heavy atom. The van der Waals surface area contributed by atoms with Crippen LogP contribution in [0.15, 0.2) is 51.9 Å². The van der Waals surface area contributed by atoms with E-state index in [1.807, 2.05) is 32.0 Å². The summed E-state index contributed by atoms with van der Waals surface area (Å²) in [6.07, 6.45) is 2.36. The van der Waals surface area contributed by atoms with Crippen LogP contribution in [-0.4, -0.2) is 20.6 Å². The van der Waals surface area contributed by atoms with E-state index >= 15 is 0 Å². The van der Waals surface area contributed by atoms with E-state index in [2.05, 4.69) is 5.10 Å². The summed E-state index contributed by atoms with van der Waals surface area (Å²) >= 11 is 1.65. The van der Waals surface area contributed by atoms with Crippen LogP contribution in [0, 0.1) is 6.92 Å². The summed E-state index contributed by atoms with van der Waals surface area (Å²) in [5.74, 6) is 0.478. The van der Waals surface area contributed by atoms with E-state index in [-0.39, 0.29) is 17.2 Å². The highest BCUT2D eigenvalue weighted by atomic mass is 32.1. The summed E-state index contributed by atoms with van der Waals surface area (Å²) in [4.78, 5) is 28.9. The highest BCUT2D eigenvalue weighted by molar-refractivity contribution is 7.11. The van der Waals surface area contributed by atoms with E-state index < -0.39 is 0 Å². The van der Waals surface area contributed by atoms with Crippen molar-refractivity contribution in [2.45, 2.75) is 39.9 Å². The highest BCUT2D eigenvalue weighted by Gasteiger charge is 2.20. The monoisotopic (exact) mass is 371 g/mol. The normalized spacial score (nSPS) is 10.8. The van der Waals surface area contributed by atoms with Gasteiger partial charge in [0.15, 0.2) is 0 Å². The molecule has 3 heterocycles. The Hall–Kier alpha value is -2.67. The number of amides is 1. The smallest absolute Gasteiger partial charge is 0.275 e. The van der Waals surface area contributed by atoms with Gasteiger partial charge < -0.3 is 9.32 Å². The van der Waals surface area contributed by atoms with E-state index in [1.165, 1.54) is 21.7 Å². The number of hydrogen-bond acceptors (Lipinski definition) is 5. The van der Waals surface area contributed by atoms with E-state index in [0.29, 0.717) is 25.4 Å².